The fourth-order valence-corrected chi connectivity index (χ4v) is 3.95. The molecule has 0 unspecified atom stereocenters. The van der Waals surface area contributed by atoms with Crippen LogP contribution in [0.1, 0.15) is 54.7 Å². The van der Waals surface area contributed by atoms with Crippen molar-refractivity contribution in [1.82, 2.24) is 10.5 Å². The first kappa shape index (κ1) is 16.2. The Morgan fingerprint density at radius 2 is 2.12 bits per heavy atom. The summed E-state index contributed by atoms with van der Waals surface area (Å²) < 4.78 is 11.3. The lowest BCUT2D eigenvalue weighted by atomic mass is 9.78. The van der Waals surface area contributed by atoms with E-state index in [0.717, 1.165) is 35.3 Å². The van der Waals surface area contributed by atoms with Crippen LogP contribution < -0.4 is 10.1 Å². The van der Waals surface area contributed by atoms with Gasteiger partial charge in [-0.25, -0.2) is 0 Å². The first-order valence-electron chi connectivity index (χ1n) is 9.08. The first-order valence-corrected chi connectivity index (χ1v) is 9.08. The molecule has 2 aliphatic rings. The summed E-state index contributed by atoms with van der Waals surface area (Å²) in [6, 6.07) is 6.13. The smallest absolute Gasteiger partial charge is 0.274 e. The number of rotatable bonds is 2. The van der Waals surface area contributed by atoms with Gasteiger partial charge >= 0.3 is 0 Å². The quantitative estimate of drug-likeness (QED) is 0.894. The van der Waals surface area contributed by atoms with Gasteiger partial charge < -0.3 is 14.6 Å². The lowest BCUT2D eigenvalue weighted by Crippen LogP contribution is -2.44. The maximum atomic E-state index is 12.8. The number of ether oxygens (including phenoxy) is 1. The second-order valence-corrected chi connectivity index (χ2v) is 7.47. The van der Waals surface area contributed by atoms with Gasteiger partial charge in [-0.1, -0.05) is 43.5 Å². The number of nitrogens with zero attached hydrogens (tertiary/aromatic N) is 1. The molecule has 0 radical (unpaired) electrons. The minimum Gasteiger partial charge on any atom is -0.488 e. The Hall–Kier alpha value is -2.30. The fourth-order valence-electron chi connectivity index (χ4n) is 3.95. The highest BCUT2D eigenvalue weighted by Gasteiger charge is 2.32. The summed E-state index contributed by atoms with van der Waals surface area (Å²) >= 11 is 0. The van der Waals surface area contributed by atoms with Crippen molar-refractivity contribution in [3.63, 3.8) is 0 Å². The third-order valence-corrected chi connectivity index (χ3v) is 5.78. The van der Waals surface area contributed by atoms with Crippen molar-refractivity contribution >= 4 is 5.91 Å². The van der Waals surface area contributed by atoms with Gasteiger partial charge in [0.15, 0.2) is 11.5 Å². The Balaban J connectivity index is 1.60. The van der Waals surface area contributed by atoms with Crippen LogP contribution in [0, 0.1) is 18.8 Å². The van der Waals surface area contributed by atoms with Crippen LogP contribution in [0.5, 0.6) is 5.75 Å². The number of amides is 1. The number of carbonyl (C=O) groups excluding carboxylic acids is 1. The highest BCUT2D eigenvalue weighted by atomic mass is 16.5. The maximum Gasteiger partial charge on any atom is 0.274 e. The van der Waals surface area contributed by atoms with Crippen molar-refractivity contribution in [3.05, 3.63) is 35.0 Å². The molecule has 132 valence electrons. The van der Waals surface area contributed by atoms with Gasteiger partial charge in [-0.2, -0.15) is 0 Å². The molecule has 1 N–H and O–H groups in total. The predicted octanol–water partition coefficient (Wildman–Crippen LogP) is 4.10. The van der Waals surface area contributed by atoms with E-state index in [-0.39, 0.29) is 11.9 Å². The third kappa shape index (κ3) is 2.81. The lowest BCUT2D eigenvalue weighted by Gasteiger charge is -2.34. The van der Waals surface area contributed by atoms with Gasteiger partial charge in [0.2, 0.25) is 0 Å². The van der Waals surface area contributed by atoms with E-state index >= 15 is 0 Å². The van der Waals surface area contributed by atoms with Crippen molar-refractivity contribution in [2.24, 2.45) is 11.8 Å². The standard InChI is InChI=1S/C20H24N2O3/c1-11-7-8-17-14(9-11)19-15(10-24-17)18(22-25-19)20(23)21-16-6-4-5-12(2)13(16)3/h7-9,12-13,16H,4-6,10H2,1-3H3,(H,21,23)/t12-,13-,16+/m0/s1. The molecule has 25 heavy (non-hydrogen) atoms. The number of fused-ring (bicyclic) bond motifs is 3. The van der Waals surface area contributed by atoms with Crippen LogP contribution in [0.3, 0.4) is 0 Å². The van der Waals surface area contributed by atoms with Crippen LogP contribution in [0.2, 0.25) is 0 Å². The number of nitrogens with one attached hydrogen (secondary N) is 1. The van der Waals surface area contributed by atoms with Crippen molar-refractivity contribution in [3.8, 4) is 17.1 Å². The molecular weight excluding hydrogens is 316 g/mol. The second kappa shape index (κ2) is 6.21. The van der Waals surface area contributed by atoms with Gasteiger partial charge in [0.1, 0.15) is 12.4 Å². The molecule has 2 aromatic rings. The minimum absolute atomic E-state index is 0.157. The molecule has 1 aliphatic carbocycles. The first-order chi connectivity index (χ1) is 12.0. The number of aryl methyl sites for hydroxylation is 1. The number of aromatic nitrogens is 1. The minimum atomic E-state index is -0.157. The molecule has 5 nitrogen and oxygen atoms in total. The normalized spacial score (nSPS) is 24.8. The molecule has 1 aromatic carbocycles. The number of benzene rings is 1. The molecule has 1 amide bonds. The van der Waals surface area contributed by atoms with E-state index in [1.165, 1.54) is 6.42 Å². The van der Waals surface area contributed by atoms with Gasteiger partial charge in [-0.15, -0.1) is 0 Å². The summed E-state index contributed by atoms with van der Waals surface area (Å²) in [5, 5.41) is 7.24. The monoisotopic (exact) mass is 340 g/mol. The van der Waals surface area contributed by atoms with Crippen LogP contribution in [0.4, 0.5) is 0 Å². The summed E-state index contributed by atoms with van der Waals surface area (Å²) in [6.07, 6.45) is 3.41. The second-order valence-electron chi connectivity index (χ2n) is 7.47. The Kier molecular flexibility index (Phi) is 4.02. The van der Waals surface area contributed by atoms with E-state index in [9.17, 15) is 4.79 Å². The zero-order chi connectivity index (χ0) is 17.6. The summed E-state index contributed by atoms with van der Waals surface area (Å²) in [7, 11) is 0. The Bertz CT molecular complexity index is 811. The summed E-state index contributed by atoms with van der Waals surface area (Å²) in [5.74, 6) is 2.37. The van der Waals surface area contributed by atoms with Gasteiger partial charge in [-0.3, -0.25) is 4.79 Å². The molecule has 1 saturated carbocycles. The van der Waals surface area contributed by atoms with Crippen LogP contribution >= 0.6 is 0 Å². The predicted molar refractivity (Wildman–Crippen MR) is 94.4 cm³/mol. The van der Waals surface area contributed by atoms with Crippen LogP contribution in [0.15, 0.2) is 22.7 Å². The van der Waals surface area contributed by atoms with Gasteiger partial charge in [0.25, 0.3) is 5.91 Å². The molecule has 4 rings (SSSR count). The SMILES string of the molecule is Cc1ccc2c(c1)-c1onc(C(=O)N[C@@H]3CCC[C@H](C)[C@@H]3C)c1CO2. The van der Waals surface area contributed by atoms with E-state index in [0.29, 0.717) is 29.9 Å². The lowest BCUT2D eigenvalue weighted by molar-refractivity contribution is 0.0880. The molecule has 0 bridgehead atoms. The van der Waals surface area contributed by atoms with Crippen molar-refractivity contribution in [1.29, 1.82) is 0 Å². The zero-order valence-electron chi connectivity index (χ0n) is 15.0. The van der Waals surface area contributed by atoms with Gasteiger partial charge in [0, 0.05) is 6.04 Å². The van der Waals surface area contributed by atoms with E-state index in [4.69, 9.17) is 9.26 Å². The van der Waals surface area contributed by atoms with Gasteiger partial charge in [-0.05, 0) is 37.3 Å². The Morgan fingerprint density at radius 1 is 1.28 bits per heavy atom. The average molecular weight is 340 g/mol. The maximum absolute atomic E-state index is 12.8. The van der Waals surface area contributed by atoms with E-state index < -0.39 is 0 Å². The highest BCUT2D eigenvalue weighted by Crippen LogP contribution is 2.39. The molecular formula is C20H24N2O3. The number of hydrogen-bond acceptors (Lipinski definition) is 4. The molecule has 0 spiro atoms. The van der Waals surface area contributed by atoms with Crippen LogP contribution in [0.25, 0.3) is 11.3 Å². The zero-order valence-corrected chi connectivity index (χ0v) is 15.0. The summed E-state index contributed by atoms with van der Waals surface area (Å²) in [4.78, 5) is 12.8. The van der Waals surface area contributed by atoms with Crippen LogP contribution in [-0.4, -0.2) is 17.1 Å². The van der Waals surface area contributed by atoms with E-state index in [1.54, 1.807) is 0 Å². The molecule has 5 heteroatoms. The van der Waals surface area contributed by atoms with Crippen molar-refractivity contribution in [2.45, 2.75) is 52.7 Å². The summed E-state index contributed by atoms with van der Waals surface area (Å²) in [5.41, 5.74) is 3.08. The van der Waals surface area contributed by atoms with Gasteiger partial charge in [0.05, 0.1) is 11.1 Å². The number of carbonyl (C=O) groups is 1. The molecule has 0 saturated heterocycles. The Labute approximate surface area is 147 Å². The highest BCUT2D eigenvalue weighted by molar-refractivity contribution is 5.95. The third-order valence-electron chi connectivity index (χ3n) is 5.78. The van der Waals surface area contributed by atoms with E-state index in [2.05, 4.69) is 24.3 Å². The summed E-state index contributed by atoms with van der Waals surface area (Å²) in [6.45, 7) is 6.81. The topological polar surface area (TPSA) is 64.4 Å². The Morgan fingerprint density at radius 3 is 2.96 bits per heavy atom. The molecule has 1 aromatic heterocycles. The molecule has 2 heterocycles. The molecule has 1 fully saturated rings. The van der Waals surface area contributed by atoms with Crippen molar-refractivity contribution in [2.75, 3.05) is 0 Å². The fraction of sp³-hybridized carbons (Fsp3) is 0.500. The number of hydrogen-bond donors (Lipinski definition) is 1. The largest absolute Gasteiger partial charge is 0.488 e. The van der Waals surface area contributed by atoms with Crippen molar-refractivity contribution < 1.29 is 14.1 Å². The molecule has 3 atom stereocenters. The molecule has 1 aliphatic heterocycles. The van der Waals surface area contributed by atoms with Crippen LogP contribution in [-0.2, 0) is 6.61 Å². The van der Waals surface area contributed by atoms with E-state index in [1.807, 2.05) is 25.1 Å². The average Bonchev–Trinajstić information content (AvgIpc) is 3.03.